The number of aryl methyl sites for hydroxylation is 1. The van der Waals surface area contributed by atoms with Crippen LogP contribution in [0.1, 0.15) is 34.9 Å². The molecule has 140 valence electrons. The zero-order valence-corrected chi connectivity index (χ0v) is 15.4. The van der Waals surface area contributed by atoms with Gasteiger partial charge in [-0.15, -0.1) is 10.2 Å². The average molecular weight is 366 g/mol. The van der Waals surface area contributed by atoms with Gasteiger partial charge in [-0.05, 0) is 25.0 Å². The molecular weight excluding hydrogens is 344 g/mol. The molecule has 1 N–H and O–H groups in total. The highest BCUT2D eigenvalue weighted by molar-refractivity contribution is 5.99. The number of rotatable bonds is 4. The Labute approximate surface area is 157 Å². The van der Waals surface area contributed by atoms with Crippen LogP contribution in [0.4, 0.5) is 0 Å². The molecule has 0 saturated carbocycles. The van der Waals surface area contributed by atoms with Crippen molar-refractivity contribution in [1.29, 1.82) is 0 Å². The molecule has 27 heavy (non-hydrogen) atoms. The summed E-state index contributed by atoms with van der Waals surface area (Å²) >= 11 is 0. The molecular formula is C19H22N6O2. The summed E-state index contributed by atoms with van der Waals surface area (Å²) in [7, 11) is 3.56. The Kier molecular flexibility index (Phi) is 4.62. The van der Waals surface area contributed by atoms with Crippen molar-refractivity contribution in [2.45, 2.75) is 18.8 Å². The number of nitrogens with one attached hydrogen (secondary N) is 1. The maximum atomic E-state index is 13.2. The van der Waals surface area contributed by atoms with Crippen LogP contribution in [0.5, 0.6) is 5.75 Å². The summed E-state index contributed by atoms with van der Waals surface area (Å²) in [6.45, 7) is 1.37. The molecule has 0 radical (unpaired) electrons. The van der Waals surface area contributed by atoms with E-state index >= 15 is 0 Å². The topological polar surface area (TPSA) is 88.9 Å². The highest BCUT2D eigenvalue weighted by Crippen LogP contribution is 2.29. The van der Waals surface area contributed by atoms with Crippen molar-refractivity contribution in [2.24, 2.45) is 7.05 Å². The first-order valence-electron chi connectivity index (χ1n) is 8.98. The van der Waals surface area contributed by atoms with Gasteiger partial charge in [0, 0.05) is 31.6 Å². The molecule has 1 aliphatic heterocycles. The first-order chi connectivity index (χ1) is 13.2. The number of benzene rings is 1. The first-order valence-corrected chi connectivity index (χ1v) is 8.98. The van der Waals surface area contributed by atoms with E-state index in [0.717, 1.165) is 36.5 Å². The third-order valence-corrected chi connectivity index (χ3v) is 5.05. The Morgan fingerprint density at radius 1 is 1.37 bits per heavy atom. The molecule has 1 fully saturated rings. The highest BCUT2D eigenvalue weighted by atomic mass is 16.5. The van der Waals surface area contributed by atoms with Gasteiger partial charge in [-0.1, -0.05) is 12.1 Å². The number of hydrogen-bond acceptors (Lipinski definition) is 5. The fourth-order valence-electron chi connectivity index (χ4n) is 3.65. The third kappa shape index (κ3) is 3.30. The molecule has 1 amide bonds. The predicted octanol–water partition coefficient (Wildman–Crippen LogP) is 2.23. The second-order valence-electron chi connectivity index (χ2n) is 6.78. The van der Waals surface area contributed by atoms with Crippen LogP contribution in [0.15, 0.2) is 36.8 Å². The number of likely N-dealkylation sites (tertiary alicyclic amines) is 1. The van der Waals surface area contributed by atoms with E-state index in [1.165, 1.54) is 0 Å². The number of aromatic nitrogens is 5. The molecule has 0 spiro atoms. The van der Waals surface area contributed by atoms with Crippen molar-refractivity contribution in [3.63, 3.8) is 0 Å². The fraction of sp³-hybridized carbons (Fsp3) is 0.368. The Morgan fingerprint density at radius 2 is 2.26 bits per heavy atom. The van der Waals surface area contributed by atoms with Gasteiger partial charge in [0.15, 0.2) is 0 Å². The van der Waals surface area contributed by atoms with Crippen LogP contribution in [0, 0.1) is 0 Å². The summed E-state index contributed by atoms with van der Waals surface area (Å²) in [5.74, 6) is 1.84. The first kappa shape index (κ1) is 17.3. The van der Waals surface area contributed by atoms with E-state index in [1.807, 2.05) is 40.8 Å². The number of piperidine rings is 1. The maximum absolute atomic E-state index is 13.2. The van der Waals surface area contributed by atoms with Gasteiger partial charge in [0.1, 0.15) is 17.9 Å². The van der Waals surface area contributed by atoms with Gasteiger partial charge in [-0.25, -0.2) is 0 Å². The van der Waals surface area contributed by atoms with Gasteiger partial charge in [0.05, 0.1) is 24.6 Å². The Hall–Kier alpha value is -3.16. The van der Waals surface area contributed by atoms with Crippen LogP contribution in [0.2, 0.25) is 0 Å². The summed E-state index contributed by atoms with van der Waals surface area (Å²) in [5, 5.41) is 15.3. The van der Waals surface area contributed by atoms with Crippen molar-refractivity contribution < 1.29 is 9.53 Å². The second kappa shape index (κ2) is 7.22. The maximum Gasteiger partial charge on any atom is 0.257 e. The van der Waals surface area contributed by atoms with E-state index in [2.05, 4.69) is 20.4 Å². The van der Waals surface area contributed by atoms with Gasteiger partial charge in [-0.3, -0.25) is 9.89 Å². The number of hydrogen-bond donors (Lipinski definition) is 1. The summed E-state index contributed by atoms with van der Waals surface area (Å²) < 4.78 is 7.22. The van der Waals surface area contributed by atoms with E-state index < -0.39 is 0 Å². The van der Waals surface area contributed by atoms with Crippen LogP contribution < -0.4 is 4.74 Å². The van der Waals surface area contributed by atoms with E-state index in [0.29, 0.717) is 17.8 Å². The molecule has 3 heterocycles. The normalized spacial score (nSPS) is 17.1. The van der Waals surface area contributed by atoms with E-state index in [-0.39, 0.29) is 11.8 Å². The van der Waals surface area contributed by atoms with Gasteiger partial charge < -0.3 is 14.2 Å². The largest absolute Gasteiger partial charge is 0.497 e. The van der Waals surface area contributed by atoms with Gasteiger partial charge >= 0.3 is 0 Å². The molecule has 1 aliphatic rings. The molecule has 1 aromatic carbocycles. The minimum Gasteiger partial charge on any atom is -0.497 e. The Balaban J connectivity index is 1.58. The minimum atomic E-state index is -0.0200. The van der Waals surface area contributed by atoms with E-state index in [4.69, 9.17) is 4.74 Å². The Morgan fingerprint density at radius 3 is 3.04 bits per heavy atom. The van der Waals surface area contributed by atoms with Crippen molar-refractivity contribution in [3.05, 3.63) is 48.2 Å². The Bertz CT molecular complexity index is 947. The lowest BCUT2D eigenvalue weighted by Crippen LogP contribution is -2.39. The summed E-state index contributed by atoms with van der Waals surface area (Å²) in [6, 6.07) is 7.60. The molecule has 0 bridgehead atoms. The number of methoxy groups -OCH3 is 1. The number of ether oxygens (including phenoxy) is 1. The number of amides is 1. The molecule has 2 aromatic heterocycles. The summed E-state index contributed by atoms with van der Waals surface area (Å²) in [6.07, 6.45) is 5.25. The fourth-order valence-corrected chi connectivity index (χ4v) is 3.65. The number of carbonyl (C=O) groups is 1. The number of aromatic amines is 1. The molecule has 4 rings (SSSR count). The van der Waals surface area contributed by atoms with Crippen LogP contribution in [-0.4, -0.2) is 56.0 Å². The van der Waals surface area contributed by atoms with Crippen molar-refractivity contribution in [3.8, 4) is 17.0 Å². The van der Waals surface area contributed by atoms with Crippen molar-refractivity contribution in [2.75, 3.05) is 20.2 Å². The summed E-state index contributed by atoms with van der Waals surface area (Å²) in [4.78, 5) is 15.1. The second-order valence-corrected chi connectivity index (χ2v) is 6.78. The smallest absolute Gasteiger partial charge is 0.257 e. The molecule has 1 saturated heterocycles. The standard InChI is InChI=1S/C19H22N6O2/c1-24-12-21-23-18(24)14-6-4-8-25(11-14)19(26)16-10-20-22-17(16)13-5-3-7-15(9-13)27-2/h3,5,7,9-10,12,14H,4,6,8,11H2,1-2H3,(H,20,22). The lowest BCUT2D eigenvalue weighted by atomic mass is 9.96. The lowest BCUT2D eigenvalue weighted by molar-refractivity contribution is 0.0704. The molecule has 0 aliphatic carbocycles. The van der Waals surface area contributed by atoms with Crippen LogP contribution in [0.25, 0.3) is 11.3 Å². The number of carbonyl (C=O) groups excluding carboxylic acids is 1. The summed E-state index contributed by atoms with van der Waals surface area (Å²) in [5.41, 5.74) is 2.15. The van der Waals surface area contributed by atoms with Gasteiger partial charge in [0.2, 0.25) is 0 Å². The quantitative estimate of drug-likeness (QED) is 0.765. The molecule has 1 unspecified atom stereocenters. The van der Waals surface area contributed by atoms with Crippen molar-refractivity contribution in [1.82, 2.24) is 29.9 Å². The third-order valence-electron chi connectivity index (χ3n) is 5.05. The van der Waals surface area contributed by atoms with E-state index in [1.54, 1.807) is 19.6 Å². The lowest BCUT2D eigenvalue weighted by Gasteiger charge is -2.32. The minimum absolute atomic E-state index is 0.0200. The molecule has 8 nitrogen and oxygen atoms in total. The average Bonchev–Trinajstić information content (AvgIpc) is 3.36. The molecule has 3 aromatic rings. The zero-order valence-electron chi connectivity index (χ0n) is 15.4. The monoisotopic (exact) mass is 366 g/mol. The van der Waals surface area contributed by atoms with Gasteiger partial charge in [0.25, 0.3) is 5.91 Å². The number of H-pyrrole nitrogens is 1. The van der Waals surface area contributed by atoms with E-state index in [9.17, 15) is 4.79 Å². The van der Waals surface area contributed by atoms with Gasteiger partial charge in [-0.2, -0.15) is 5.10 Å². The number of nitrogens with zero attached hydrogens (tertiary/aromatic N) is 5. The van der Waals surface area contributed by atoms with Crippen LogP contribution in [0.3, 0.4) is 0 Å². The van der Waals surface area contributed by atoms with Crippen LogP contribution >= 0.6 is 0 Å². The van der Waals surface area contributed by atoms with Crippen LogP contribution in [-0.2, 0) is 7.05 Å². The predicted molar refractivity (Wildman–Crippen MR) is 99.5 cm³/mol. The molecule has 8 heteroatoms. The highest BCUT2D eigenvalue weighted by Gasteiger charge is 2.29. The zero-order chi connectivity index (χ0) is 18.8. The SMILES string of the molecule is COc1cccc(-c2[nH]ncc2C(=O)N2CCCC(c3nncn3C)C2)c1. The molecule has 1 atom stereocenters. The van der Waals surface area contributed by atoms with Crippen molar-refractivity contribution >= 4 is 5.91 Å².